The number of nitrogens with one attached hydrogen (secondary N) is 1. The molecule has 0 saturated carbocycles. The summed E-state index contributed by atoms with van der Waals surface area (Å²) >= 11 is 0. The fourth-order valence-corrected chi connectivity index (χ4v) is 1.36. The van der Waals surface area contributed by atoms with Crippen molar-refractivity contribution in [1.82, 2.24) is 0 Å². The Balaban J connectivity index is 2.18. The van der Waals surface area contributed by atoms with E-state index in [-0.39, 0.29) is 5.56 Å². The molecule has 0 heterocycles. The maximum Gasteiger partial charge on any atom is 0.255 e. The van der Waals surface area contributed by atoms with Gasteiger partial charge in [-0.15, -0.1) is 0 Å². The van der Waals surface area contributed by atoms with Crippen LogP contribution in [0.5, 0.6) is 0 Å². The minimum absolute atomic E-state index is 0.0766. The van der Waals surface area contributed by atoms with Crippen molar-refractivity contribution in [2.45, 2.75) is 0 Å². The van der Waals surface area contributed by atoms with Crippen LogP contribution in [0.25, 0.3) is 0 Å². The Kier molecular flexibility index (Phi) is 3.14. The molecule has 0 saturated heterocycles. The molecule has 17 heavy (non-hydrogen) atoms. The minimum Gasteiger partial charge on any atom is -0.322 e. The Bertz CT molecular complexity index is 540. The van der Waals surface area contributed by atoms with Gasteiger partial charge in [0, 0.05) is 11.3 Å². The first kappa shape index (κ1) is 11.3. The molecule has 1 amide bonds. The number of hydrogen-bond donors (Lipinski definition) is 1. The van der Waals surface area contributed by atoms with Gasteiger partial charge < -0.3 is 5.32 Å². The largest absolute Gasteiger partial charge is 0.322 e. The van der Waals surface area contributed by atoms with Gasteiger partial charge in [-0.3, -0.25) is 4.79 Å². The maximum absolute atomic E-state index is 12.9. The highest BCUT2D eigenvalue weighted by molar-refractivity contribution is 6.04. The molecule has 0 atom stereocenters. The Morgan fingerprint density at radius 2 is 1.65 bits per heavy atom. The molecular formula is C13H9F2NO. The molecule has 0 aliphatic rings. The molecule has 2 rings (SSSR count). The van der Waals surface area contributed by atoms with Gasteiger partial charge in [0.1, 0.15) is 0 Å². The number of halogens is 2. The summed E-state index contributed by atoms with van der Waals surface area (Å²) in [5, 5.41) is 2.58. The lowest BCUT2D eigenvalue weighted by molar-refractivity contribution is 0.102. The van der Waals surface area contributed by atoms with Gasteiger partial charge >= 0.3 is 0 Å². The first-order valence-electron chi connectivity index (χ1n) is 4.98. The SMILES string of the molecule is O=C(Nc1ccccc1)c1ccc(F)c(F)c1. The van der Waals surface area contributed by atoms with Crippen molar-refractivity contribution in [2.75, 3.05) is 5.32 Å². The van der Waals surface area contributed by atoms with Crippen LogP contribution in [0, 0.1) is 11.6 Å². The minimum atomic E-state index is -1.04. The molecule has 2 aromatic carbocycles. The van der Waals surface area contributed by atoms with Crippen LogP contribution in [-0.2, 0) is 0 Å². The van der Waals surface area contributed by atoms with Gasteiger partial charge in [0.15, 0.2) is 11.6 Å². The van der Waals surface area contributed by atoms with E-state index in [0.717, 1.165) is 12.1 Å². The second-order valence-corrected chi connectivity index (χ2v) is 3.45. The van der Waals surface area contributed by atoms with Crippen molar-refractivity contribution in [3.05, 3.63) is 65.7 Å². The van der Waals surface area contributed by atoms with Crippen molar-refractivity contribution >= 4 is 11.6 Å². The molecule has 0 radical (unpaired) electrons. The summed E-state index contributed by atoms with van der Waals surface area (Å²) in [4.78, 5) is 11.7. The third kappa shape index (κ3) is 2.66. The lowest BCUT2D eigenvalue weighted by Gasteiger charge is -2.05. The average Bonchev–Trinajstić information content (AvgIpc) is 2.34. The predicted octanol–water partition coefficient (Wildman–Crippen LogP) is 3.22. The first-order chi connectivity index (χ1) is 8.16. The first-order valence-corrected chi connectivity index (χ1v) is 4.98. The van der Waals surface area contributed by atoms with Crippen LogP contribution in [0.15, 0.2) is 48.5 Å². The summed E-state index contributed by atoms with van der Waals surface area (Å²) in [7, 11) is 0. The van der Waals surface area contributed by atoms with E-state index in [0.29, 0.717) is 5.69 Å². The number of rotatable bonds is 2. The molecule has 0 aromatic heterocycles. The standard InChI is InChI=1S/C13H9F2NO/c14-11-7-6-9(8-12(11)15)13(17)16-10-4-2-1-3-5-10/h1-8H,(H,16,17). The number of anilines is 1. The molecule has 86 valence electrons. The lowest BCUT2D eigenvalue weighted by Crippen LogP contribution is -2.12. The topological polar surface area (TPSA) is 29.1 Å². The Labute approximate surface area is 96.9 Å². The van der Waals surface area contributed by atoms with Crippen molar-refractivity contribution in [3.63, 3.8) is 0 Å². The van der Waals surface area contributed by atoms with Crippen LogP contribution in [-0.4, -0.2) is 5.91 Å². The molecule has 0 fully saturated rings. The zero-order valence-corrected chi connectivity index (χ0v) is 8.78. The fourth-order valence-electron chi connectivity index (χ4n) is 1.36. The summed E-state index contributed by atoms with van der Waals surface area (Å²) in [6.45, 7) is 0. The Hall–Kier alpha value is -2.23. The van der Waals surface area contributed by atoms with E-state index in [9.17, 15) is 13.6 Å². The number of amides is 1. The second kappa shape index (κ2) is 4.74. The van der Waals surface area contributed by atoms with Crippen LogP contribution in [0.2, 0.25) is 0 Å². The summed E-state index contributed by atoms with van der Waals surface area (Å²) in [5.41, 5.74) is 0.676. The predicted molar refractivity (Wildman–Crippen MR) is 60.8 cm³/mol. The van der Waals surface area contributed by atoms with Gasteiger partial charge in [0.25, 0.3) is 5.91 Å². The zero-order valence-electron chi connectivity index (χ0n) is 8.78. The summed E-state index contributed by atoms with van der Waals surface area (Å²) in [6, 6.07) is 11.8. The number of benzene rings is 2. The summed E-state index contributed by atoms with van der Waals surface area (Å²) in [6.07, 6.45) is 0. The molecule has 0 aliphatic carbocycles. The molecule has 2 aromatic rings. The van der Waals surface area contributed by atoms with Crippen LogP contribution >= 0.6 is 0 Å². The van der Waals surface area contributed by atoms with E-state index >= 15 is 0 Å². The molecule has 0 aliphatic heterocycles. The molecule has 0 bridgehead atoms. The molecule has 2 nitrogen and oxygen atoms in total. The van der Waals surface area contributed by atoms with Gasteiger partial charge in [0.2, 0.25) is 0 Å². The van der Waals surface area contributed by atoms with Crippen molar-refractivity contribution in [1.29, 1.82) is 0 Å². The average molecular weight is 233 g/mol. The van der Waals surface area contributed by atoms with Crippen LogP contribution in [0.3, 0.4) is 0 Å². The third-order valence-electron chi connectivity index (χ3n) is 2.21. The van der Waals surface area contributed by atoms with Gasteiger partial charge in [0.05, 0.1) is 0 Å². The third-order valence-corrected chi connectivity index (χ3v) is 2.21. The lowest BCUT2D eigenvalue weighted by atomic mass is 10.2. The fraction of sp³-hybridized carbons (Fsp3) is 0. The quantitative estimate of drug-likeness (QED) is 0.847. The second-order valence-electron chi connectivity index (χ2n) is 3.45. The van der Waals surface area contributed by atoms with E-state index in [1.54, 1.807) is 24.3 Å². The summed E-state index contributed by atoms with van der Waals surface area (Å²) < 4.78 is 25.6. The maximum atomic E-state index is 12.9. The zero-order chi connectivity index (χ0) is 12.3. The number of hydrogen-bond acceptors (Lipinski definition) is 1. The van der Waals surface area contributed by atoms with Crippen molar-refractivity contribution in [2.24, 2.45) is 0 Å². The normalized spacial score (nSPS) is 10.0. The number of carbonyl (C=O) groups excluding carboxylic acids is 1. The Morgan fingerprint density at radius 1 is 0.941 bits per heavy atom. The smallest absolute Gasteiger partial charge is 0.255 e. The van der Waals surface area contributed by atoms with Crippen LogP contribution < -0.4 is 5.32 Å². The number of carbonyl (C=O) groups is 1. The highest BCUT2D eigenvalue weighted by atomic mass is 19.2. The van der Waals surface area contributed by atoms with E-state index in [1.165, 1.54) is 6.07 Å². The Morgan fingerprint density at radius 3 is 2.29 bits per heavy atom. The van der Waals surface area contributed by atoms with E-state index < -0.39 is 17.5 Å². The molecule has 4 heteroatoms. The molecule has 1 N–H and O–H groups in total. The van der Waals surface area contributed by atoms with E-state index in [4.69, 9.17) is 0 Å². The number of para-hydroxylation sites is 1. The molecular weight excluding hydrogens is 224 g/mol. The van der Waals surface area contributed by atoms with E-state index in [1.807, 2.05) is 6.07 Å². The van der Waals surface area contributed by atoms with Crippen molar-refractivity contribution in [3.8, 4) is 0 Å². The van der Waals surface area contributed by atoms with Gasteiger partial charge in [-0.25, -0.2) is 8.78 Å². The summed E-state index contributed by atoms with van der Waals surface area (Å²) in [5.74, 6) is -2.48. The van der Waals surface area contributed by atoms with Crippen molar-refractivity contribution < 1.29 is 13.6 Å². The highest BCUT2D eigenvalue weighted by Gasteiger charge is 2.09. The molecule has 0 spiro atoms. The van der Waals surface area contributed by atoms with Crippen LogP contribution in [0.4, 0.5) is 14.5 Å². The molecule has 0 unspecified atom stereocenters. The monoisotopic (exact) mass is 233 g/mol. The van der Waals surface area contributed by atoms with Gasteiger partial charge in [-0.05, 0) is 30.3 Å². The highest BCUT2D eigenvalue weighted by Crippen LogP contribution is 2.11. The van der Waals surface area contributed by atoms with E-state index in [2.05, 4.69) is 5.32 Å². The van der Waals surface area contributed by atoms with Crippen LogP contribution in [0.1, 0.15) is 10.4 Å². The van der Waals surface area contributed by atoms with Gasteiger partial charge in [-0.1, -0.05) is 18.2 Å². The van der Waals surface area contributed by atoms with Gasteiger partial charge in [-0.2, -0.15) is 0 Å².